The van der Waals surface area contributed by atoms with E-state index >= 15 is 0 Å². The van der Waals surface area contributed by atoms with E-state index in [1.807, 2.05) is 22.1 Å². The average Bonchev–Trinajstić information content (AvgIpc) is 2.84. The second kappa shape index (κ2) is 4.34. The fourth-order valence-electron chi connectivity index (χ4n) is 1.28. The smallest absolute Gasteiger partial charge is 0.173 e. The van der Waals surface area contributed by atoms with Crippen LogP contribution < -0.4 is 5.73 Å². The molecule has 0 aliphatic heterocycles. The Morgan fingerprint density at radius 3 is 3.14 bits per heavy atom. The average molecular weight is 208 g/mol. The Hall–Kier alpha value is -1.20. The van der Waals surface area contributed by atoms with E-state index in [2.05, 4.69) is 10.2 Å². The summed E-state index contributed by atoms with van der Waals surface area (Å²) in [5.74, 6) is 0.938. The van der Waals surface area contributed by atoms with Crippen LogP contribution in [0.25, 0.3) is 10.7 Å². The summed E-state index contributed by atoms with van der Waals surface area (Å²) in [5.41, 5.74) is 5.46. The van der Waals surface area contributed by atoms with Crippen molar-refractivity contribution < 1.29 is 0 Å². The van der Waals surface area contributed by atoms with Crippen molar-refractivity contribution in [1.82, 2.24) is 14.8 Å². The normalized spacial score (nSPS) is 10.6. The monoisotopic (exact) mass is 208 g/mol. The zero-order valence-corrected chi connectivity index (χ0v) is 8.57. The van der Waals surface area contributed by atoms with Crippen molar-refractivity contribution >= 4 is 11.3 Å². The third-order valence-electron chi connectivity index (χ3n) is 1.96. The Morgan fingerprint density at radius 2 is 2.43 bits per heavy atom. The minimum atomic E-state index is 0.696. The van der Waals surface area contributed by atoms with Crippen molar-refractivity contribution in [1.29, 1.82) is 0 Å². The van der Waals surface area contributed by atoms with Gasteiger partial charge in [-0.1, -0.05) is 6.07 Å². The molecular weight excluding hydrogens is 196 g/mol. The number of aryl methyl sites for hydroxylation is 1. The van der Waals surface area contributed by atoms with E-state index in [-0.39, 0.29) is 0 Å². The molecule has 0 saturated heterocycles. The third kappa shape index (κ3) is 1.83. The van der Waals surface area contributed by atoms with Crippen LogP contribution in [0.1, 0.15) is 6.42 Å². The quantitative estimate of drug-likeness (QED) is 0.825. The van der Waals surface area contributed by atoms with Gasteiger partial charge in [-0.3, -0.25) is 0 Å². The van der Waals surface area contributed by atoms with Crippen molar-refractivity contribution in [3.8, 4) is 10.7 Å². The molecule has 0 atom stereocenters. The minimum Gasteiger partial charge on any atom is -0.330 e. The lowest BCUT2D eigenvalue weighted by Crippen LogP contribution is -2.05. The fraction of sp³-hybridized carbons (Fsp3) is 0.333. The molecule has 2 rings (SSSR count). The summed E-state index contributed by atoms with van der Waals surface area (Å²) in [5, 5.41) is 10.0. The zero-order chi connectivity index (χ0) is 9.80. The first-order chi connectivity index (χ1) is 6.92. The van der Waals surface area contributed by atoms with E-state index in [0.29, 0.717) is 6.54 Å². The number of hydrogen-bond acceptors (Lipinski definition) is 4. The number of nitrogens with zero attached hydrogens (tertiary/aromatic N) is 3. The Balaban J connectivity index is 2.22. The van der Waals surface area contributed by atoms with Crippen molar-refractivity contribution in [3.05, 3.63) is 23.8 Å². The first-order valence-corrected chi connectivity index (χ1v) is 5.41. The molecule has 2 N–H and O–H groups in total. The second-order valence-corrected chi connectivity index (χ2v) is 3.92. The molecule has 0 aromatic carbocycles. The fourth-order valence-corrected chi connectivity index (χ4v) is 2.00. The molecule has 74 valence electrons. The highest BCUT2D eigenvalue weighted by Crippen LogP contribution is 2.21. The molecular formula is C9H12N4S. The maximum Gasteiger partial charge on any atom is 0.173 e. The van der Waals surface area contributed by atoms with Crippen LogP contribution in [0.4, 0.5) is 0 Å². The van der Waals surface area contributed by atoms with E-state index in [1.165, 1.54) is 0 Å². The van der Waals surface area contributed by atoms with Gasteiger partial charge in [-0.2, -0.15) is 0 Å². The van der Waals surface area contributed by atoms with Crippen LogP contribution >= 0.6 is 11.3 Å². The standard InChI is InChI=1S/C9H12N4S/c10-4-2-5-13-7-11-12-9(13)8-3-1-6-14-8/h1,3,6-7H,2,4-5,10H2. The molecule has 0 bridgehead atoms. The Morgan fingerprint density at radius 1 is 1.50 bits per heavy atom. The molecule has 5 heteroatoms. The van der Waals surface area contributed by atoms with E-state index in [0.717, 1.165) is 23.7 Å². The summed E-state index contributed by atoms with van der Waals surface area (Å²) in [4.78, 5) is 1.15. The van der Waals surface area contributed by atoms with Crippen LogP contribution in [0.2, 0.25) is 0 Å². The van der Waals surface area contributed by atoms with Crippen LogP contribution in [0, 0.1) is 0 Å². The van der Waals surface area contributed by atoms with Gasteiger partial charge < -0.3 is 10.3 Å². The molecule has 2 heterocycles. The lowest BCUT2D eigenvalue weighted by Gasteiger charge is -2.02. The molecule has 0 radical (unpaired) electrons. The molecule has 0 saturated carbocycles. The molecule has 0 spiro atoms. The van der Waals surface area contributed by atoms with Gasteiger partial charge in [0.15, 0.2) is 5.82 Å². The molecule has 4 nitrogen and oxygen atoms in total. The maximum atomic E-state index is 5.46. The summed E-state index contributed by atoms with van der Waals surface area (Å²) >= 11 is 1.67. The summed E-state index contributed by atoms with van der Waals surface area (Å²) in [6.07, 6.45) is 2.71. The molecule has 2 aromatic rings. The van der Waals surface area contributed by atoms with Crippen LogP contribution in [0.5, 0.6) is 0 Å². The van der Waals surface area contributed by atoms with Gasteiger partial charge in [0.05, 0.1) is 4.88 Å². The van der Waals surface area contributed by atoms with Crippen LogP contribution in [0.3, 0.4) is 0 Å². The van der Waals surface area contributed by atoms with Gasteiger partial charge in [0.2, 0.25) is 0 Å². The summed E-state index contributed by atoms with van der Waals surface area (Å²) in [6.45, 7) is 1.58. The second-order valence-electron chi connectivity index (χ2n) is 2.97. The number of aromatic nitrogens is 3. The molecule has 2 aromatic heterocycles. The van der Waals surface area contributed by atoms with E-state index < -0.39 is 0 Å². The van der Waals surface area contributed by atoms with E-state index in [9.17, 15) is 0 Å². The first kappa shape index (κ1) is 9.36. The van der Waals surface area contributed by atoms with Crippen molar-refractivity contribution in [2.24, 2.45) is 5.73 Å². The lowest BCUT2D eigenvalue weighted by molar-refractivity contribution is 0.654. The van der Waals surface area contributed by atoms with Gasteiger partial charge in [0, 0.05) is 6.54 Å². The lowest BCUT2D eigenvalue weighted by atomic mass is 10.4. The zero-order valence-electron chi connectivity index (χ0n) is 7.76. The van der Waals surface area contributed by atoms with Gasteiger partial charge in [0.25, 0.3) is 0 Å². The SMILES string of the molecule is NCCCn1cnnc1-c1cccs1. The molecule has 0 unspecified atom stereocenters. The van der Waals surface area contributed by atoms with Crippen LogP contribution in [-0.2, 0) is 6.54 Å². The largest absolute Gasteiger partial charge is 0.330 e. The highest BCUT2D eigenvalue weighted by atomic mass is 32.1. The van der Waals surface area contributed by atoms with E-state index in [1.54, 1.807) is 17.7 Å². The predicted molar refractivity (Wildman–Crippen MR) is 57.0 cm³/mol. The maximum absolute atomic E-state index is 5.46. The molecule has 0 fully saturated rings. The third-order valence-corrected chi connectivity index (χ3v) is 2.83. The highest BCUT2D eigenvalue weighted by Gasteiger charge is 2.06. The number of rotatable bonds is 4. The molecule has 0 amide bonds. The Kier molecular flexibility index (Phi) is 2.90. The van der Waals surface area contributed by atoms with Crippen LogP contribution in [-0.4, -0.2) is 21.3 Å². The first-order valence-electron chi connectivity index (χ1n) is 4.53. The number of hydrogen-bond donors (Lipinski definition) is 1. The summed E-state index contributed by atoms with van der Waals surface area (Å²) in [6, 6.07) is 4.07. The van der Waals surface area contributed by atoms with Crippen LogP contribution in [0.15, 0.2) is 23.8 Å². The topological polar surface area (TPSA) is 56.7 Å². The molecule has 0 aliphatic rings. The van der Waals surface area contributed by atoms with Gasteiger partial charge in [-0.15, -0.1) is 21.5 Å². The van der Waals surface area contributed by atoms with Gasteiger partial charge >= 0.3 is 0 Å². The van der Waals surface area contributed by atoms with Crippen molar-refractivity contribution in [2.75, 3.05) is 6.54 Å². The summed E-state index contributed by atoms with van der Waals surface area (Å²) < 4.78 is 2.04. The number of thiophene rings is 1. The van der Waals surface area contributed by atoms with Gasteiger partial charge in [0.1, 0.15) is 6.33 Å². The predicted octanol–water partition coefficient (Wildman–Crippen LogP) is 1.36. The van der Waals surface area contributed by atoms with Crippen molar-refractivity contribution in [2.45, 2.75) is 13.0 Å². The van der Waals surface area contributed by atoms with Gasteiger partial charge in [-0.05, 0) is 24.4 Å². The number of nitrogens with two attached hydrogens (primary N) is 1. The Labute approximate surface area is 86.4 Å². The molecule has 0 aliphatic carbocycles. The van der Waals surface area contributed by atoms with Crippen molar-refractivity contribution in [3.63, 3.8) is 0 Å². The summed E-state index contributed by atoms with van der Waals surface area (Å²) in [7, 11) is 0. The molecule has 14 heavy (non-hydrogen) atoms. The Bertz CT molecular complexity index is 379. The van der Waals surface area contributed by atoms with E-state index in [4.69, 9.17) is 5.73 Å². The highest BCUT2D eigenvalue weighted by molar-refractivity contribution is 7.13. The minimum absolute atomic E-state index is 0.696. The van der Waals surface area contributed by atoms with Gasteiger partial charge in [-0.25, -0.2) is 0 Å².